The second-order valence-electron chi connectivity index (χ2n) is 5.46. The molecule has 1 N–H and O–H groups in total. The van der Waals surface area contributed by atoms with Crippen LogP contribution >= 0.6 is 22.9 Å². The monoisotopic (exact) mass is 425 g/mol. The molecule has 0 saturated heterocycles. The number of nitro benzene ring substituents is 1. The van der Waals surface area contributed by atoms with Gasteiger partial charge in [0.25, 0.3) is 5.69 Å². The van der Waals surface area contributed by atoms with Gasteiger partial charge >= 0.3 is 6.18 Å². The molecule has 0 spiro atoms. The molecule has 3 aromatic rings. The van der Waals surface area contributed by atoms with Gasteiger partial charge in [0.1, 0.15) is 27.4 Å². The van der Waals surface area contributed by atoms with Crippen molar-refractivity contribution in [2.75, 3.05) is 0 Å². The third kappa shape index (κ3) is 3.62. The van der Waals surface area contributed by atoms with Gasteiger partial charge in [-0.1, -0.05) is 11.6 Å². The lowest BCUT2D eigenvalue weighted by atomic mass is 10.1. The van der Waals surface area contributed by atoms with E-state index in [2.05, 4.69) is 4.98 Å². The van der Waals surface area contributed by atoms with Gasteiger partial charge in [0.15, 0.2) is 0 Å². The maximum atomic E-state index is 12.8. The van der Waals surface area contributed by atoms with Gasteiger partial charge in [0, 0.05) is 11.6 Å². The molecule has 0 aliphatic heterocycles. The average molecular weight is 426 g/mol. The lowest BCUT2D eigenvalue weighted by molar-refractivity contribution is -0.384. The van der Waals surface area contributed by atoms with Gasteiger partial charge in [-0.05, 0) is 30.3 Å². The Kier molecular flexibility index (Phi) is 4.97. The number of thiazole rings is 1. The second-order valence-corrected chi connectivity index (χ2v) is 6.90. The van der Waals surface area contributed by atoms with E-state index in [0.717, 1.165) is 29.5 Å². The first-order chi connectivity index (χ1) is 13.1. The number of nitriles is 1. The van der Waals surface area contributed by atoms with Gasteiger partial charge < -0.3 is 5.11 Å². The largest absolute Gasteiger partial charge is 0.506 e. The minimum Gasteiger partial charge on any atom is -0.506 e. The molecule has 0 saturated carbocycles. The number of hydrogen-bond donors (Lipinski definition) is 1. The SMILES string of the molecule is N#C/C(=C(/O)c1ccc(Cl)c([N+](=O)[O-])c1)c1nc2cc(C(F)(F)F)ccc2s1. The third-order valence-corrected chi connectivity index (χ3v) is 5.07. The van der Waals surface area contributed by atoms with E-state index in [1.165, 1.54) is 18.2 Å². The molecule has 6 nitrogen and oxygen atoms in total. The van der Waals surface area contributed by atoms with E-state index in [9.17, 15) is 33.7 Å². The number of fused-ring (bicyclic) bond motifs is 1. The maximum absolute atomic E-state index is 12.8. The van der Waals surface area contributed by atoms with Crippen molar-refractivity contribution in [3.63, 3.8) is 0 Å². The topological polar surface area (TPSA) is 100 Å². The zero-order valence-corrected chi connectivity index (χ0v) is 15.1. The van der Waals surface area contributed by atoms with Crippen LogP contribution in [0.1, 0.15) is 16.1 Å². The van der Waals surface area contributed by atoms with Crippen LogP contribution in [0, 0.1) is 21.4 Å². The van der Waals surface area contributed by atoms with Gasteiger partial charge in [-0.2, -0.15) is 18.4 Å². The van der Waals surface area contributed by atoms with Crippen LogP contribution in [0.4, 0.5) is 18.9 Å². The summed E-state index contributed by atoms with van der Waals surface area (Å²) in [5.41, 5.74) is -1.73. The Balaban J connectivity index is 2.14. The lowest BCUT2D eigenvalue weighted by Gasteiger charge is -2.04. The van der Waals surface area contributed by atoms with Crippen molar-refractivity contribution < 1.29 is 23.2 Å². The zero-order valence-electron chi connectivity index (χ0n) is 13.5. The number of rotatable bonds is 3. The molecule has 28 heavy (non-hydrogen) atoms. The van der Waals surface area contributed by atoms with E-state index >= 15 is 0 Å². The summed E-state index contributed by atoms with van der Waals surface area (Å²) in [6, 6.07) is 8.15. The van der Waals surface area contributed by atoms with Gasteiger partial charge in [-0.15, -0.1) is 11.3 Å². The highest BCUT2D eigenvalue weighted by Crippen LogP contribution is 2.36. The first-order valence-corrected chi connectivity index (χ1v) is 8.57. The molecule has 0 amide bonds. The number of aliphatic hydroxyl groups is 1. The summed E-state index contributed by atoms with van der Waals surface area (Å²) in [7, 11) is 0. The van der Waals surface area contributed by atoms with Crippen molar-refractivity contribution in [3.8, 4) is 6.07 Å². The van der Waals surface area contributed by atoms with Crippen LogP contribution < -0.4 is 0 Å². The number of halogens is 4. The summed E-state index contributed by atoms with van der Waals surface area (Å²) in [5.74, 6) is -0.600. The minimum absolute atomic E-state index is 0.0115. The summed E-state index contributed by atoms with van der Waals surface area (Å²) >= 11 is 6.63. The Hall–Kier alpha value is -3.16. The summed E-state index contributed by atoms with van der Waals surface area (Å²) in [5, 5.41) is 30.6. The smallest absolute Gasteiger partial charge is 0.416 e. The number of nitrogens with zero attached hydrogens (tertiary/aromatic N) is 3. The molecule has 0 aliphatic rings. The van der Waals surface area contributed by atoms with E-state index in [-0.39, 0.29) is 26.7 Å². The number of benzene rings is 2. The number of aliphatic hydroxyl groups excluding tert-OH is 1. The van der Waals surface area contributed by atoms with Crippen LogP contribution in [-0.4, -0.2) is 15.0 Å². The molecule has 1 aromatic heterocycles. The number of alkyl halides is 3. The molecule has 0 aliphatic carbocycles. The van der Waals surface area contributed by atoms with E-state index in [4.69, 9.17) is 11.6 Å². The zero-order chi connectivity index (χ0) is 20.6. The van der Waals surface area contributed by atoms with Crippen molar-refractivity contribution in [1.82, 2.24) is 4.98 Å². The summed E-state index contributed by atoms with van der Waals surface area (Å²) in [4.78, 5) is 14.2. The average Bonchev–Trinajstić information content (AvgIpc) is 3.04. The highest BCUT2D eigenvalue weighted by Gasteiger charge is 2.31. The van der Waals surface area contributed by atoms with Crippen LogP contribution in [0.3, 0.4) is 0 Å². The molecular formula is C17H7ClF3N3O3S. The van der Waals surface area contributed by atoms with Gasteiger partial charge in [0.2, 0.25) is 0 Å². The van der Waals surface area contributed by atoms with Crippen LogP contribution in [0.25, 0.3) is 21.5 Å². The fourth-order valence-corrected chi connectivity index (χ4v) is 3.49. The fourth-order valence-electron chi connectivity index (χ4n) is 2.36. The number of allylic oxidation sites excluding steroid dienone is 1. The molecule has 3 rings (SSSR count). The van der Waals surface area contributed by atoms with E-state index < -0.39 is 28.1 Å². The molecular weight excluding hydrogens is 419 g/mol. The summed E-state index contributed by atoms with van der Waals surface area (Å²) < 4.78 is 38.9. The normalized spacial score (nSPS) is 12.5. The molecule has 1 heterocycles. The van der Waals surface area contributed by atoms with Gasteiger partial charge in [-0.3, -0.25) is 10.1 Å². The quantitative estimate of drug-likeness (QED) is 0.246. The summed E-state index contributed by atoms with van der Waals surface area (Å²) in [6.45, 7) is 0. The van der Waals surface area contributed by atoms with Gasteiger partial charge in [-0.25, -0.2) is 4.98 Å². The van der Waals surface area contributed by atoms with Crippen LogP contribution in [-0.2, 0) is 6.18 Å². The van der Waals surface area contributed by atoms with Crippen molar-refractivity contribution in [2.24, 2.45) is 0 Å². The molecule has 142 valence electrons. The van der Waals surface area contributed by atoms with Crippen molar-refractivity contribution in [3.05, 3.63) is 67.7 Å². The second kappa shape index (κ2) is 7.10. The molecule has 0 fully saturated rings. The van der Waals surface area contributed by atoms with Crippen LogP contribution in [0.5, 0.6) is 0 Å². The van der Waals surface area contributed by atoms with E-state index in [0.29, 0.717) is 4.70 Å². The Morgan fingerprint density at radius 2 is 2.00 bits per heavy atom. The van der Waals surface area contributed by atoms with Crippen molar-refractivity contribution >= 4 is 50.2 Å². The standard InChI is InChI=1S/C17H7ClF3N3O3S/c18-11-3-1-8(5-13(11)24(26)27)15(25)10(7-22)16-23-12-6-9(17(19,20)21)2-4-14(12)28-16/h1-6,25H/b15-10-. The van der Waals surface area contributed by atoms with Crippen LogP contribution in [0.15, 0.2) is 36.4 Å². The first kappa shape index (κ1) is 19.6. The minimum atomic E-state index is -4.55. The highest BCUT2D eigenvalue weighted by atomic mass is 35.5. The molecule has 0 radical (unpaired) electrons. The lowest BCUT2D eigenvalue weighted by Crippen LogP contribution is -2.03. The maximum Gasteiger partial charge on any atom is 0.416 e. The number of nitro groups is 1. The first-order valence-electron chi connectivity index (χ1n) is 7.37. The Labute approximate surface area is 163 Å². The summed E-state index contributed by atoms with van der Waals surface area (Å²) in [6.07, 6.45) is -4.55. The van der Waals surface area contributed by atoms with Crippen LogP contribution in [0.2, 0.25) is 5.02 Å². The van der Waals surface area contributed by atoms with E-state index in [1.807, 2.05) is 0 Å². The Bertz CT molecular complexity index is 1180. The predicted molar refractivity (Wildman–Crippen MR) is 97.8 cm³/mol. The number of aromatic nitrogens is 1. The molecule has 0 unspecified atom stereocenters. The Morgan fingerprint density at radius 3 is 2.61 bits per heavy atom. The van der Waals surface area contributed by atoms with Crippen molar-refractivity contribution in [2.45, 2.75) is 6.18 Å². The third-order valence-electron chi connectivity index (χ3n) is 3.69. The predicted octanol–water partition coefficient (Wildman–Crippen LogP) is 5.83. The van der Waals surface area contributed by atoms with Gasteiger partial charge in [0.05, 0.1) is 20.7 Å². The molecule has 0 bridgehead atoms. The highest BCUT2D eigenvalue weighted by molar-refractivity contribution is 7.19. The molecule has 0 atom stereocenters. The number of hydrogen-bond acceptors (Lipinski definition) is 6. The fraction of sp³-hybridized carbons (Fsp3) is 0.0588. The molecule has 11 heteroatoms. The molecule has 2 aromatic carbocycles. The van der Waals surface area contributed by atoms with E-state index in [1.54, 1.807) is 6.07 Å². The Morgan fingerprint density at radius 1 is 1.29 bits per heavy atom. The van der Waals surface area contributed by atoms with Crippen molar-refractivity contribution in [1.29, 1.82) is 5.26 Å².